The number of benzene rings is 1. The Morgan fingerprint density at radius 3 is 2.65 bits per heavy atom. The first-order valence-electron chi connectivity index (χ1n) is 7.05. The minimum absolute atomic E-state index is 0.0639. The van der Waals surface area contributed by atoms with Gasteiger partial charge in [0.25, 0.3) is 0 Å². The second kappa shape index (κ2) is 6.38. The standard InChI is InChI=1S/C15H20N2O2S/c1-12(14-7-3-2-4-8-14)17-20(18,19)15-9-5-6-13(10-15)11-16/h5-6,9-10,12,14,17H,2-4,7-8H2,1H3. The van der Waals surface area contributed by atoms with Crippen LogP contribution in [0.25, 0.3) is 0 Å². The fourth-order valence-corrected chi connectivity index (χ4v) is 4.13. The van der Waals surface area contributed by atoms with E-state index in [-0.39, 0.29) is 10.9 Å². The molecule has 0 saturated heterocycles. The largest absolute Gasteiger partial charge is 0.240 e. The fourth-order valence-electron chi connectivity index (χ4n) is 2.78. The van der Waals surface area contributed by atoms with Crippen LogP contribution in [0.15, 0.2) is 29.2 Å². The van der Waals surface area contributed by atoms with Gasteiger partial charge in [0.15, 0.2) is 0 Å². The van der Waals surface area contributed by atoms with Crippen molar-refractivity contribution >= 4 is 10.0 Å². The number of nitriles is 1. The van der Waals surface area contributed by atoms with Gasteiger partial charge in [-0.15, -0.1) is 0 Å². The van der Waals surface area contributed by atoms with Gasteiger partial charge < -0.3 is 0 Å². The summed E-state index contributed by atoms with van der Waals surface area (Å²) in [5, 5.41) is 8.85. The van der Waals surface area contributed by atoms with Crippen molar-refractivity contribution in [3.63, 3.8) is 0 Å². The molecule has 1 aliphatic carbocycles. The van der Waals surface area contributed by atoms with E-state index >= 15 is 0 Å². The molecule has 0 heterocycles. The minimum atomic E-state index is -3.54. The Morgan fingerprint density at radius 2 is 2.00 bits per heavy atom. The zero-order chi connectivity index (χ0) is 14.6. The zero-order valence-electron chi connectivity index (χ0n) is 11.7. The Kier molecular flexibility index (Phi) is 4.79. The lowest BCUT2D eigenvalue weighted by molar-refractivity contribution is 0.303. The lowest BCUT2D eigenvalue weighted by atomic mass is 9.85. The summed E-state index contributed by atoms with van der Waals surface area (Å²) < 4.78 is 27.4. The number of hydrogen-bond acceptors (Lipinski definition) is 3. The van der Waals surface area contributed by atoms with Crippen LogP contribution in [0, 0.1) is 17.2 Å². The molecule has 1 atom stereocenters. The molecule has 0 aromatic heterocycles. The van der Waals surface area contributed by atoms with Crippen LogP contribution in [0.2, 0.25) is 0 Å². The summed E-state index contributed by atoms with van der Waals surface area (Å²) in [6.45, 7) is 1.93. The van der Waals surface area contributed by atoms with E-state index in [1.54, 1.807) is 12.1 Å². The molecular weight excluding hydrogens is 272 g/mol. The maximum Gasteiger partial charge on any atom is 0.240 e. The lowest BCUT2D eigenvalue weighted by Crippen LogP contribution is -2.38. The predicted octanol–water partition coefficient (Wildman–Crippen LogP) is 2.81. The van der Waals surface area contributed by atoms with Gasteiger partial charge in [-0.2, -0.15) is 5.26 Å². The topological polar surface area (TPSA) is 70.0 Å². The van der Waals surface area contributed by atoms with Crippen molar-refractivity contribution in [1.29, 1.82) is 5.26 Å². The molecule has 0 amide bonds. The van der Waals surface area contributed by atoms with Gasteiger partial charge in [0.2, 0.25) is 10.0 Å². The van der Waals surface area contributed by atoms with Crippen LogP contribution in [-0.4, -0.2) is 14.5 Å². The molecule has 1 unspecified atom stereocenters. The van der Waals surface area contributed by atoms with Gasteiger partial charge in [-0.3, -0.25) is 0 Å². The number of hydrogen-bond donors (Lipinski definition) is 1. The lowest BCUT2D eigenvalue weighted by Gasteiger charge is -2.28. The van der Waals surface area contributed by atoms with E-state index in [1.807, 2.05) is 13.0 Å². The van der Waals surface area contributed by atoms with Gasteiger partial charge >= 0.3 is 0 Å². The molecule has 1 aromatic rings. The average Bonchev–Trinajstić information content (AvgIpc) is 2.48. The number of nitrogens with zero attached hydrogens (tertiary/aromatic N) is 1. The maximum absolute atomic E-state index is 12.3. The molecule has 1 aliphatic rings. The highest BCUT2D eigenvalue weighted by molar-refractivity contribution is 7.89. The molecule has 0 bridgehead atoms. The first-order valence-corrected chi connectivity index (χ1v) is 8.54. The summed E-state index contributed by atoms with van der Waals surface area (Å²) in [6, 6.07) is 8.03. The molecule has 0 spiro atoms. The van der Waals surface area contributed by atoms with Crippen molar-refractivity contribution in [3.8, 4) is 6.07 Å². The second-order valence-electron chi connectivity index (χ2n) is 5.45. The predicted molar refractivity (Wildman–Crippen MR) is 77.5 cm³/mol. The first-order chi connectivity index (χ1) is 9.53. The molecule has 0 aliphatic heterocycles. The Bertz CT molecular complexity index is 599. The SMILES string of the molecule is CC(NS(=O)(=O)c1cccc(C#N)c1)C1CCCCC1. The molecule has 1 fully saturated rings. The number of sulfonamides is 1. The van der Waals surface area contributed by atoms with Crippen LogP contribution in [0.5, 0.6) is 0 Å². The van der Waals surface area contributed by atoms with Crippen LogP contribution in [0.4, 0.5) is 0 Å². The molecule has 4 nitrogen and oxygen atoms in total. The fraction of sp³-hybridized carbons (Fsp3) is 0.533. The molecule has 2 rings (SSSR count). The molecular formula is C15H20N2O2S. The minimum Gasteiger partial charge on any atom is -0.208 e. The van der Waals surface area contributed by atoms with E-state index < -0.39 is 10.0 Å². The Labute approximate surface area is 120 Å². The summed E-state index contributed by atoms with van der Waals surface area (Å²) in [7, 11) is -3.54. The molecule has 108 valence electrons. The van der Waals surface area contributed by atoms with Crippen molar-refractivity contribution in [2.45, 2.75) is 50.0 Å². The molecule has 1 aromatic carbocycles. The van der Waals surface area contributed by atoms with Gasteiger partial charge in [-0.25, -0.2) is 13.1 Å². The first kappa shape index (κ1) is 15.0. The van der Waals surface area contributed by atoms with E-state index in [4.69, 9.17) is 5.26 Å². The monoisotopic (exact) mass is 292 g/mol. The molecule has 0 radical (unpaired) electrons. The van der Waals surface area contributed by atoms with E-state index in [0.29, 0.717) is 11.5 Å². The third kappa shape index (κ3) is 3.59. The summed E-state index contributed by atoms with van der Waals surface area (Å²) in [6.07, 6.45) is 5.78. The summed E-state index contributed by atoms with van der Waals surface area (Å²) in [4.78, 5) is 0.166. The van der Waals surface area contributed by atoms with Gasteiger partial charge in [0.1, 0.15) is 0 Å². The highest BCUT2D eigenvalue weighted by Gasteiger charge is 2.25. The zero-order valence-corrected chi connectivity index (χ0v) is 12.5. The summed E-state index contributed by atoms with van der Waals surface area (Å²) in [5.41, 5.74) is 0.359. The van der Waals surface area contributed by atoms with Crippen molar-refractivity contribution < 1.29 is 8.42 Å². The third-order valence-electron chi connectivity index (χ3n) is 3.97. The quantitative estimate of drug-likeness (QED) is 0.927. The molecule has 1 saturated carbocycles. The van der Waals surface area contributed by atoms with Crippen molar-refractivity contribution in [2.75, 3.05) is 0 Å². The smallest absolute Gasteiger partial charge is 0.208 e. The molecule has 5 heteroatoms. The van der Waals surface area contributed by atoms with E-state index in [1.165, 1.54) is 31.4 Å². The van der Waals surface area contributed by atoms with Crippen molar-refractivity contribution in [2.24, 2.45) is 5.92 Å². The number of nitrogens with one attached hydrogen (secondary N) is 1. The molecule has 1 N–H and O–H groups in total. The maximum atomic E-state index is 12.3. The van der Waals surface area contributed by atoms with Gasteiger partial charge in [0.05, 0.1) is 16.5 Å². The number of rotatable bonds is 4. The van der Waals surface area contributed by atoms with Crippen LogP contribution in [0.3, 0.4) is 0 Å². The summed E-state index contributed by atoms with van der Waals surface area (Å²) >= 11 is 0. The van der Waals surface area contributed by atoms with E-state index in [9.17, 15) is 8.42 Å². The van der Waals surface area contributed by atoms with Crippen LogP contribution in [0.1, 0.15) is 44.6 Å². The van der Waals surface area contributed by atoms with E-state index in [0.717, 1.165) is 12.8 Å². The molecule has 20 heavy (non-hydrogen) atoms. The average molecular weight is 292 g/mol. The Balaban J connectivity index is 2.12. The van der Waals surface area contributed by atoms with Gasteiger partial charge in [0, 0.05) is 6.04 Å². The highest BCUT2D eigenvalue weighted by Crippen LogP contribution is 2.27. The third-order valence-corrected chi connectivity index (χ3v) is 5.53. The van der Waals surface area contributed by atoms with Crippen LogP contribution in [-0.2, 0) is 10.0 Å². The highest BCUT2D eigenvalue weighted by atomic mass is 32.2. The van der Waals surface area contributed by atoms with Gasteiger partial charge in [-0.05, 0) is 43.9 Å². The summed E-state index contributed by atoms with van der Waals surface area (Å²) in [5.74, 6) is 0.415. The van der Waals surface area contributed by atoms with Gasteiger partial charge in [-0.1, -0.05) is 25.3 Å². The Hall–Kier alpha value is -1.38. The Morgan fingerprint density at radius 1 is 1.30 bits per heavy atom. The van der Waals surface area contributed by atoms with E-state index in [2.05, 4.69) is 4.72 Å². The normalized spacial score (nSPS) is 18.4. The second-order valence-corrected chi connectivity index (χ2v) is 7.16. The van der Waals surface area contributed by atoms with Crippen molar-refractivity contribution in [3.05, 3.63) is 29.8 Å². The van der Waals surface area contributed by atoms with Crippen LogP contribution >= 0.6 is 0 Å². The van der Waals surface area contributed by atoms with Crippen LogP contribution < -0.4 is 4.72 Å². The van der Waals surface area contributed by atoms with Crippen molar-refractivity contribution in [1.82, 2.24) is 4.72 Å².